The van der Waals surface area contributed by atoms with Gasteiger partial charge in [-0.2, -0.15) is 0 Å². The van der Waals surface area contributed by atoms with Crippen molar-refractivity contribution in [1.82, 2.24) is 10.2 Å². The number of aryl methyl sites for hydroxylation is 1. The third-order valence-electron chi connectivity index (χ3n) is 4.12. The summed E-state index contributed by atoms with van der Waals surface area (Å²) in [6.07, 6.45) is 3.27. The number of aliphatic imine (C=N–C) groups is 1. The van der Waals surface area contributed by atoms with Gasteiger partial charge in [0.25, 0.3) is 0 Å². The number of methoxy groups -OCH3 is 1. The van der Waals surface area contributed by atoms with E-state index in [1.807, 2.05) is 12.1 Å². The highest BCUT2D eigenvalue weighted by molar-refractivity contribution is 14.0. The van der Waals surface area contributed by atoms with E-state index >= 15 is 0 Å². The summed E-state index contributed by atoms with van der Waals surface area (Å²) in [6, 6.07) is 8.08. The number of hydrogen-bond acceptors (Lipinski definition) is 2. The topological polar surface area (TPSA) is 36.9 Å². The van der Waals surface area contributed by atoms with E-state index in [0.29, 0.717) is 5.92 Å². The van der Waals surface area contributed by atoms with Crippen LogP contribution >= 0.6 is 35.6 Å². The van der Waals surface area contributed by atoms with Crippen molar-refractivity contribution in [2.24, 2.45) is 10.9 Å². The zero-order valence-electron chi connectivity index (χ0n) is 14.6. The Bertz CT molecular complexity index is 496. The number of nitrogens with one attached hydrogen (secondary N) is 1. The molecule has 136 valence electrons. The average molecular weight is 466 g/mol. The summed E-state index contributed by atoms with van der Waals surface area (Å²) >= 11 is 5.91. The molecule has 1 aliphatic heterocycles. The van der Waals surface area contributed by atoms with Crippen LogP contribution in [0.25, 0.3) is 0 Å². The highest BCUT2D eigenvalue weighted by Crippen LogP contribution is 2.16. The van der Waals surface area contributed by atoms with Gasteiger partial charge in [-0.3, -0.25) is 4.99 Å². The van der Waals surface area contributed by atoms with E-state index in [-0.39, 0.29) is 24.0 Å². The first-order valence-electron chi connectivity index (χ1n) is 8.49. The molecule has 1 N–H and O–H groups in total. The van der Waals surface area contributed by atoms with Crippen LogP contribution in [0.4, 0.5) is 0 Å². The van der Waals surface area contributed by atoms with E-state index in [1.165, 1.54) is 12.0 Å². The first kappa shape index (κ1) is 21.5. The van der Waals surface area contributed by atoms with E-state index in [2.05, 4.69) is 29.3 Å². The fourth-order valence-electron chi connectivity index (χ4n) is 2.94. The molecule has 1 aliphatic rings. The van der Waals surface area contributed by atoms with E-state index in [4.69, 9.17) is 21.3 Å². The van der Waals surface area contributed by atoms with E-state index in [1.54, 1.807) is 7.11 Å². The first-order chi connectivity index (χ1) is 11.2. The minimum Gasteiger partial charge on any atom is -0.384 e. The predicted octanol–water partition coefficient (Wildman–Crippen LogP) is 3.82. The van der Waals surface area contributed by atoms with Gasteiger partial charge in [0.1, 0.15) is 0 Å². The zero-order chi connectivity index (χ0) is 16.5. The molecule has 0 spiro atoms. The van der Waals surface area contributed by atoms with Gasteiger partial charge in [-0.05, 0) is 43.9 Å². The molecule has 6 heteroatoms. The van der Waals surface area contributed by atoms with Crippen molar-refractivity contribution in [3.8, 4) is 0 Å². The third-order valence-corrected chi connectivity index (χ3v) is 4.37. The quantitative estimate of drug-likeness (QED) is 0.288. The molecule has 0 aromatic heterocycles. The van der Waals surface area contributed by atoms with Crippen molar-refractivity contribution < 1.29 is 4.74 Å². The Morgan fingerprint density at radius 1 is 1.38 bits per heavy atom. The van der Waals surface area contributed by atoms with Crippen molar-refractivity contribution in [1.29, 1.82) is 0 Å². The van der Waals surface area contributed by atoms with Crippen LogP contribution in [0.5, 0.6) is 0 Å². The lowest BCUT2D eigenvalue weighted by Crippen LogP contribution is -2.40. The summed E-state index contributed by atoms with van der Waals surface area (Å²) in [5.41, 5.74) is 1.32. The highest BCUT2D eigenvalue weighted by Gasteiger charge is 2.24. The molecule has 1 saturated heterocycles. The van der Waals surface area contributed by atoms with Gasteiger partial charge in [0.05, 0.1) is 6.61 Å². The molecule has 0 saturated carbocycles. The maximum Gasteiger partial charge on any atom is 0.193 e. The summed E-state index contributed by atoms with van der Waals surface area (Å²) in [4.78, 5) is 7.14. The van der Waals surface area contributed by atoms with Gasteiger partial charge in [-0.15, -0.1) is 24.0 Å². The molecule has 4 nitrogen and oxygen atoms in total. The molecule has 1 fully saturated rings. The summed E-state index contributed by atoms with van der Waals surface area (Å²) in [7, 11) is 1.78. The van der Waals surface area contributed by atoms with Crippen LogP contribution in [0.2, 0.25) is 5.02 Å². The van der Waals surface area contributed by atoms with Crippen molar-refractivity contribution in [2.75, 3.05) is 39.9 Å². The number of rotatable bonds is 7. The van der Waals surface area contributed by atoms with Crippen molar-refractivity contribution in [3.05, 3.63) is 34.9 Å². The molecule has 0 radical (unpaired) electrons. The van der Waals surface area contributed by atoms with Gasteiger partial charge in [-0.1, -0.05) is 23.7 Å². The standard InChI is InChI=1S/C18H28ClN3O.HI/c1-3-20-18(22-12-10-16(13-22)14-23-2)21-11-4-5-15-6-8-17(19)9-7-15;/h6-9,16H,3-5,10-14H2,1-2H3,(H,20,21);1H. The largest absolute Gasteiger partial charge is 0.384 e. The lowest BCUT2D eigenvalue weighted by atomic mass is 10.1. The summed E-state index contributed by atoms with van der Waals surface area (Å²) < 4.78 is 5.27. The van der Waals surface area contributed by atoms with Crippen LogP contribution in [0.1, 0.15) is 25.3 Å². The first-order valence-corrected chi connectivity index (χ1v) is 8.87. The van der Waals surface area contributed by atoms with Crippen LogP contribution in [0.3, 0.4) is 0 Å². The number of nitrogens with zero attached hydrogens (tertiary/aromatic N) is 2. The van der Waals surface area contributed by atoms with Crippen LogP contribution in [0.15, 0.2) is 29.3 Å². The predicted molar refractivity (Wildman–Crippen MR) is 113 cm³/mol. The molecule has 1 atom stereocenters. The molecule has 0 aliphatic carbocycles. The number of likely N-dealkylation sites (tertiary alicyclic amines) is 1. The third kappa shape index (κ3) is 7.15. The summed E-state index contributed by atoms with van der Waals surface area (Å²) in [6.45, 7) is 6.81. The normalized spacial score (nSPS) is 17.7. The molecular formula is C18H29ClIN3O. The van der Waals surface area contributed by atoms with Crippen LogP contribution in [0, 0.1) is 5.92 Å². The highest BCUT2D eigenvalue weighted by atomic mass is 127. The van der Waals surface area contributed by atoms with Gasteiger partial charge in [0, 0.05) is 44.2 Å². The second-order valence-electron chi connectivity index (χ2n) is 6.02. The van der Waals surface area contributed by atoms with Crippen molar-refractivity contribution >= 4 is 41.5 Å². The second kappa shape index (κ2) is 11.9. The van der Waals surface area contributed by atoms with Gasteiger partial charge in [0.2, 0.25) is 0 Å². The molecule has 0 bridgehead atoms. The van der Waals surface area contributed by atoms with Crippen molar-refractivity contribution in [3.63, 3.8) is 0 Å². The Balaban J connectivity index is 0.00000288. The lowest BCUT2D eigenvalue weighted by molar-refractivity contribution is 0.157. The smallest absolute Gasteiger partial charge is 0.193 e. The molecule has 1 aromatic rings. The number of guanidine groups is 1. The lowest BCUT2D eigenvalue weighted by Gasteiger charge is -2.21. The molecule has 1 heterocycles. The minimum absolute atomic E-state index is 0. The van der Waals surface area contributed by atoms with E-state index in [9.17, 15) is 0 Å². The Kier molecular flexibility index (Phi) is 10.7. The summed E-state index contributed by atoms with van der Waals surface area (Å²) in [5.74, 6) is 1.67. The number of halogens is 2. The van der Waals surface area contributed by atoms with Crippen LogP contribution < -0.4 is 5.32 Å². The number of benzene rings is 1. The second-order valence-corrected chi connectivity index (χ2v) is 6.46. The molecule has 1 aromatic carbocycles. The Hall–Kier alpha value is -0.530. The summed E-state index contributed by atoms with van der Waals surface area (Å²) in [5, 5.41) is 4.20. The fraction of sp³-hybridized carbons (Fsp3) is 0.611. The number of ether oxygens (including phenoxy) is 1. The zero-order valence-corrected chi connectivity index (χ0v) is 17.7. The van der Waals surface area contributed by atoms with Gasteiger partial charge < -0.3 is 15.0 Å². The maximum atomic E-state index is 5.91. The Labute approximate surface area is 168 Å². The average Bonchev–Trinajstić information content (AvgIpc) is 3.01. The van der Waals surface area contributed by atoms with Crippen LogP contribution in [-0.4, -0.2) is 50.8 Å². The molecule has 2 rings (SSSR count). The molecular weight excluding hydrogens is 437 g/mol. The molecule has 0 amide bonds. The SMILES string of the molecule is CCNC(=NCCCc1ccc(Cl)cc1)N1CCC(COC)C1.I. The monoisotopic (exact) mass is 465 g/mol. The van der Waals surface area contributed by atoms with Crippen LogP contribution in [-0.2, 0) is 11.2 Å². The fourth-order valence-corrected chi connectivity index (χ4v) is 3.07. The van der Waals surface area contributed by atoms with Crippen molar-refractivity contribution in [2.45, 2.75) is 26.2 Å². The van der Waals surface area contributed by atoms with E-state index in [0.717, 1.165) is 56.6 Å². The molecule has 1 unspecified atom stereocenters. The Morgan fingerprint density at radius 2 is 2.12 bits per heavy atom. The minimum atomic E-state index is 0. The van der Waals surface area contributed by atoms with E-state index < -0.39 is 0 Å². The number of hydrogen-bond donors (Lipinski definition) is 1. The molecule has 24 heavy (non-hydrogen) atoms. The van der Waals surface area contributed by atoms with Gasteiger partial charge in [0.15, 0.2) is 5.96 Å². The maximum absolute atomic E-state index is 5.91. The van der Waals surface area contributed by atoms with Gasteiger partial charge in [-0.25, -0.2) is 0 Å². The van der Waals surface area contributed by atoms with Gasteiger partial charge >= 0.3 is 0 Å². The Morgan fingerprint density at radius 3 is 2.79 bits per heavy atom.